The second-order valence-corrected chi connectivity index (χ2v) is 11.7. The van der Waals surface area contributed by atoms with E-state index in [0.29, 0.717) is 10.6 Å². The van der Waals surface area contributed by atoms with Crippen LogP contribution in [0.3, 0.4) is 0 Å². The lowest BCUT2D eigenvalue weighted by Crippen LogP contribution is -2.64. The maximum atomic E-state index is 13.9. The number of hydrogen-bond acceptors (Lipinski definition) is 6. The number of halogens is 2. The lowest BCUT2D eigenvalue weighted by molar-refractivity contribution is -0.152. The molecule has 0 radical (unpaired) electrons. The molecule has 2 aliphatic rings. The van der Waals surface area contributed by atoms with Crippen LogP contribution < -0.4 is 0 Å². The van der Waals surface area contributed by atoms with Gasteiger partial charge in [-0.25, -0.2) is 12.8 Å². The molecule has 0 aliphatic carbocycles. The van der Waals surface area contributed by atoms with Gasteiger partial charge in [0.1, 0.15) is 24.1 Å². The summed E-state index contributed by atoms with van der Waals surface area (Å²) in [5.74, 6) is -3.04. The fourth-order valence-electron chi connectivity index (χ4n) is 4.97. The van der Waals surface area contributed by atoms with Gasteiger partial charge in [-0.3, -0.25) is 14.4 Å². The number of rotatable bonds is 10. The average Bonchev–Trinajstić information content (AvgIpc) is 3.16. The molecule has 2 N–H and O–H groups in total. The molecule has 0 bridgehead atoms. The summed E-state index contributed by atoms with van der Waals surface area (Å²) in [5, 5.41) is 19.2. The zero-order valence-corrected chi connectivity index (χ0v) is 22.3. The Kier molecular flexibility index (Phi) is 8.28. The molecular weight excluding hydrogens is 553 g/mol. The molecule has 39 heavy (non-hydrogen) atoms. The lowest BCUT2D eigenvalue weighted by atomic mass is 10.00. The molecule has 2 fully saturated rings. The van der Waals surface area contributed by atoms with Crippen LogP contribution in [0.1, 0.15) is 24.8 Å². The minimum Gasteiger partial charge on any atom is -0.513 e. The third-order valence-corrected chi connectivity index (χ3v) is 8.98. The van der Waals surface area contributed by atoms with Gasteiger partial charge in [-0.05, 0) is 48.4 Å². The van der Waals surface area contributed by atoms with E-state index in [-0.39, 0.29) is 43.0 Å². The molecule has 13 heteroatoms. The number of aliphatic hydroxyl groups excluding tert-OH is 1. The van der Waals surface area contributed by atoms with Crippen LogP contribution in [-0.2, 0) is 30.8 Å². The lowest BCUT2D eigenvalue weighted by Gasteiger charge is -2.44. The second-order valence-electron chi connectivity index (χ2n) is 9.41. The number of carboxylic acids is 1. The Morgan fingerprint density at radius 2 is 1.64 bits per heavy atom. The topological polar surface area (TPSA) is 136 Å². The van der Waals surface area contributed by atoms with Crippen molar-refractivity contribution in [2.45, 2.75) is 48.8 Å². The summed E-state index contributed by atoms with van der Waals surface area (Å²) in [6.45, 7) is 3.25. The fourth-order valence-corrected chi connectivity index (χ4v) is 6.84. The summed E-state index contributed by atoms with van der Waals surface area (Å²) in [6, 6.07) is 8.20. The van der Waals surface area contributed by atoms with E-state index in [1.54, 1.807) is 0 Å². The van der Waals surface area contributed by atoms with E-state index in [1.807, 2.05) is 0 Å². The number of nitrogens with zero attached hydrogens (tertiary/aromatic N) is 3. The van der Waals surface area contributed by atoms with E-state index in [4.69, 9.17) is 11.6 Å². The van der Waals surface area contributed by atoms with Gasteiger partial charge in [-0.1, -0.05) is 30.3 Å². The molecule has 4 rings (SSSR count). The third-order valence-electron chi connectivity index (χ3n) is 6.81. The summed E-state index contributed by atoms with van der Waals surface area (Å²) in [6.07, 6.45) is -1.93. The molecule has 0 spiro atoms. The van der Waals surface area contributed by atoms with Gasteiger partial charge >= 0.3 is 5.97 Å². The summed E-state index contributed by atoms with van der Waals surface area (Å²) in [5.41, 5.74) is 0.538. The highest BCUT2D eigenvalue weighted by molar-refractivity contribution is 7.89. The number of aliphatic carboxylic acids is 1. The van der Waals surface area contributed by atoms with Crippen molar-refractivity contribution in [1.82, 2.24) is 14.1 Å². The Morgan fingerprint density at radius 1 is 1.00 bits per heavy atom. The van der Waals surface area contributed by atoms with Crippen LogP contribution in [0, 0.1) is 5.82 Å². The Bertz CT molecular complexity index is 1390. The normalized spacial score (nSPS) is 21.7. The van der Waals surface area contributed by atoms with Gasteiger partial charge in [0, 0.05) is 30.8 Å². The van der Waals surface area contributed by atoms with Crippen molar-refractivity contribution in [2.24, 2.45) is 0 Å². The van der Waals surface area contributed by atoms with E-state index in [0.717, 1.165) is 4.31 Å². The molecule has 2 aromatic rings. The van der Waals surface area contributed by atoms with Crippen LogP contribution >= 0.6 is 11.6 Å². The van der Waals surface area contributed by atoms with Gasteiger partial charge in [0.05, 0.1) is 17.2 Å². The number of sulfonamides is 1. The van der Waals surface area contributed by atoms with Crippen LogP contribution in [0.4, 0.5) is 4.39 Å². The predicted octanol–water partition coefficient (Wildman–Crippen LogP) is 2.79. The molecular formula is C26H27ClFN3O7S. The summed E-state index contributed by atoms with van der Waals surface area (Å²) < 4.78 is 42.3. The van der Waals surface area contributed by atoms with Gasteiger partial charge in [0.15, 0.2) is 0 Å². The Morgan fingerprint density at radius 3 is 2.23 bits per heavy atom. The molecule has 2 aromatic carbocycles. The molecule has 2 aliphatic heterocycles. The average molecular weight is 580 g/mol. The predicted molar refractivity (Wildman–Crippen MR) is 139 cm³/mol. The van der Waals surface area contributed by atoms with Crippen LogP contribution in [0.25, 0.3) is 0 Å². The molecule has 0 aromatic heterocycles. The highest BCUT2D eigenvalue weighted by Gasteiger charge is 2.58. The number of carbonyl (C=O) groups excluding carboxylic acids is 2. The minimum atomic E-state index is -4.37. The first kappa shape index (κ1) is 28.5. The molecule has 2 saturated heterocycles. The van der Waals surface area contributed by atoms with Crippen molar-refractivity contribution in [3.63, 3.8) is 0 Å². The molecule has 10 nitrogen and oxygen atoms in total. The first-order valence-electron chi connectivity index (χ1n) is 12.1. The first-order chi connectivity index (χ1) is 18.4. The Hall–Kier alpha value is -3.48. The molecule has 2 amide bonds. The van der Waals surface area contributed by atoms with Crippen molar-refractivity contribution < 1.29 is 37.4 Å². The van der Waals surface area contributed by atoms with Gasteiger partial charge in [0.2, 0.25) is 21.8 Å². The summed E-state index contributed by atoms with van der Waals surface area (Å²) in [7, 11) is -4.37. The Labute approximate surface area is 229 Å². The number of aliphatic hydroxyl groups is 1. The standard InChI is InChI=1S/C26H27ClFN3O7S/c1-16(32)12-13-29-15-23-30(22(25(29)35)14-17-2-6-19(28)7-3-17)26(36)21(10-11-24(33)34)31(23)39(37,38)20-8-4-18(27)5-9-20/h2-9,21-23,32H,1,10-15H2,(H,33,34)/t21-,22-,23-/m0/s1. The smallest absolute Gasteiger partial charge is 0.303 e. The van der Waals surface area contributed by atoms with Gasteiger partial charge in [-0.15, -0.1) is 0 Å². The number of hydrogen-bond donors (Lipinski definition) is 2. The summed E-state index contributed by atoms with van der Waals surface area (Å²) in [4.78, 5) is 41.2. The van der Waals surface area contributed by atoms with Crippen molar-refractivity contribution in [2.75, 3.05) is 13.1 Å². The number of benzene rings is 2. The molecule has 0 unspecified atom stereocenters. The van der Waals surface area contributed by atoms with E-state index < -0.39 is 58.3 Å². The third kappa shape index (κ3) is 5.92. The minimum absolute atomic E-state index is 0.0151. The highest BCUT2D eigenvalue weighted by atomic mass is 35.5. The van der Waals surface area contributed by atoms with Gasteiger partial charge in [0.25, 0.3) is 0 Å². The van der Waals surface area contributed by atoms with Crippen LogP contribution in [-0.4, -0.2) is 81.9 Å². The number of fused-ring (bicyclic) bond motifs is 1. The number of carbonyl (C=O) groups is 3. The number of piperazine rings is 1. The number of carboxylic acid groups (broad SMARTS) is 1. The largest absolute Gasteiger partial charge is 0.513 e. The van der Waals surface area contributed by atoms with E-state index in [1.165, 1.54) is 58.3 Å². The SMILES string of the molecule is C=C(O)CCN1C[C@H]2N(C(=O)[C@H](CCC(=O)O)N2S(=O)(=O)c2ccc(Cl)cc2)[C@@H](Cc2ccc(F)cc2)C1=O. The molecule has 3 atom stereocenters. The maximum absolute atomic E-state index is 13.9. The molecule has 2 heterocycles. The van der Waals surface area contributed by atoms with Crippen molar-refractivity contribution in [1.29, 1.82) is 0 Å². The first-order valence-corrected chi connectivity index (χ1v) is 13.9. The van der Waals surface area contributed by atoms with Crippen molar-refractivity contribution in [3.8, 4) is 0 Å². The molecule has 208 valence electrons. The Balaban J connectivity index is 1.80. The fraction of sp³-hybridized carbons (Fsp3) is 0.346. The molecule has 0 saturated carbocycles. The van der Waals surface area contributed by atoms with Crippen molar-refractivity contribution >= 4 is 39.4 Å². The zero-order chi connectivity index (χ0) is 28.5. The van der Waals surface area contributed by atoms with E-state index in [9.17, 15) is 37.4 Å². The maximum Gasteiger partial charge on any atom is 0.303 e. The van der Waals surface area contributed by atoms with Crippen LogP contribution in [0.5, 0.6) is 0 Å². The van der Waals surface area contributed by atoms with Gasteiger partial charge in [-0.2, -0.15) is 4.31 Å². The van der Waals surface area contributed by atoms with Crippen molar-refractivity contribution in [3.05, 3.63) is 77.3 Å². The van der Waals surface area contributed by atoms with E-state index >= 15 is 0 Å². The van der Waals surface area contributed by atoms with E-state index in [2.05, 4.69) is 6.58 Å². The quantitative estimate of drug-likeness (QED) is 0.413. The zero-order valence-electron chi connectivity index (χ0n) is 20.7. The van der Waals surface area contributed by atoms with Gasteiger partial charge < -0.3 is 20.0 Å². The monoisotopic (exact) mass is 579 g/mol. The highest BCUT2D eigenvalue weighted by Crippen LogP contribution is 2.37. The second kappa shape index (κ2) is 11.3. The van der Waals surface area contributed by atoms with Crippen LogP contribution in [0.15, 0.2) is 65.8 Å². The summed E-state index contributed by atoms with van der Waals surface area (Å²) >= 11 is 5.94. The number of amides is 2. The van der Waals surface area contributed by atoms with Crippen LogP contribution in [0.2, 0.25) is 5.02 Å².